The Hall–Kier alpha value is -2.81. The molecular formula is C22H21N3. The molecule has 3 aromatic rings. The van der Waals surface area contributed by atoms with E-state index in [1.54, 1.807) is 0 Å². The maximum Gasteiger partial charge on any atom is 0.158 e. The highest BCUT2D eigenvalue weighted by Gasteiger charge is 2.54. The minimum atomic E-state index is -0.0143. The number of aromatic nitrogens is 1. The number of hydrogen-bond donors (Lipinski definition) is 0. The van der Waals surface area contributed by atoms with Crippen molar-refractivity contribution in [3.8, 4) is 0 Å². The van der Waals surface area contributed by atoms with Crippen molar-refractivity contribution >= 4 is 22.9 Å². The molecule has 25 heavy (non-hydrogen) atoms. The summed E-state index contributed by atoms with van der Waals surface area (Å²) < 4.78 is 0. The summed E-state index contributed by atoms with van der Waals surface area (Å²) in [5.74, 6) is 1.05. The third-order valence-corrected chi connectivity index (χ3v) is 5.62. The molecule has 0 fully saturated rings. The van der Waals surface area contributed by atoms with Gasteiger partial charge in [0.2, 0.25) is 0 Å². The molecule has 0 saturated heterocycles. The van der Waals surface area contributed by atoms with E-state index < -0.39 is 0 Å². The van der Waals surface area contributed by atoms with Gasteiger partial charge in [-0.15, -0.1) is 0 Å². The summed E-state index contributed by atoms with van der Waals surface area (Å²) in [5.41, 5.74) is 6.36. The zero-order chi connectivity index (χ0) is 17.2. The Balaban J connectivity index is 1.81. The number of pyridine rings is 1. The molecule has 2 aromatic carbocycles. The Kier molecular flexibility index (Phi) is 2.82. The van der Waals surface area contributed by atoms with Crippen molar-refractivity contribution in [1.29, 1.82) is 0 Å². The largest absolute Gasteiger partial charge is 0.316 e. The molecular weight excluding hydrogens is 306 g/mol. The lowest BCUT2D eigenvalue weighted by molar-refractivity contribution is 0.450. The number of anilines is 4. The highest BCUT2D eigenvalue weighted by molar-refractivity contribution is 5.90. The van der Waals surface area contributed by atoms with E-state index in [-0.39, 0.29) is 11.6 Å². The maximum atomic E-state index is 4.76. The molecule has 2 aliphatic rings. The van der Waals surface area contributed by atoms with Crippen molar-refractivity contribution in [2.24, 2.45) is 0 Å². The molecule has 0 saturated carbocycles. The fourth-order valence-corrected chi connectivity index (χ4v) is 4.48. The summed E-state index contributed by atoms with van der Waals surface area (Å²) in [6.45, 7) is 6.87. The van der Waals surface area contributed by atoms with Crippen LogP contribution in [0.15, 0.2) is 66.9 Å². The molecule has 2 aliphatic heterocycles. The van der Waals surface area contributed by atoms with Crippen molar-refractivity contribution in [3.63, 3.8) is 0 Å². The van der Waals surface area contributed by atoms with Crippen LogP contribution in [0.1, 0.15) is 25.0 Å². The van der Waals surface area contributed by atoms with Gasteiger partial charge in [-0.3, -0.25) is 0 Å². The van der Waals surface area contributed by atoms with Crippen molar-refractivity contribution in [2.75, 3.05) is 9.80 Å². The van der Waals surface area contributed by atoms with Crippen LogP contribution in [0, 0.1) is 6.92 Å². The van der Waals surface area contributed by atoms with Gasteiger partial charge in [0.25, 0.3) is 0 Å². The maximum absolute atomic E-state index is 4.76. The number of fused-ring (bicyclic) bond motifs is 5. The molecule has 1 aromatic heterocycles. The van der Waals surface area contributed by atoms with E-state index in [0.29, 0.717) is 0 Å². The van der Waals surface area contributed by atoms with Crippen LogP contribution in [-0.2, 0) is 5.41 Å². The fraction of sp³-hybridized carbons (Fsp3) is 0.227. The smallest absolute Gasteiger partial charge is 0.158 e. The average Bonchev–Trinajstić information content (AvgIpc) is 3.08. The molecule has 0 aliphatic carbocycles. The molecule has 0 spiro atoms. The van der Waals surface area contributed by atoms with Crippen LogP contribution in [0.3, 0.4) is 0 Å². The van der Waals surface area contributed by atoms with Gasteiger partial charge in [-0.1, -0.05) is 50.2 Å². The van der Waals surface area contributed by atoms with Gasteiger partial charge < -0.3 is 9.80 Å². The minimum absolute atomic E-state index is 0.0143. The lowest BCUT2D eigenvalue weighted by Gasteiger charge is -2.37. The quantitative estimate of drug-likeness (QED) is 0.605. The molecule has 5 rings (SSSR count). The Morgan fingerprint density at radius 1 is 0.800 bits per heavy atom. The van der Waals surface area contributed by atoms with Gasteiger partial charge in [0.1, 0.15) is 6.17 Å². The predicted octanol–water partition coefficient (Wildman–Crippen LogP) is 5.30. The fourth-order valence-electron chi connectivity index (χ4n) is 4.48. The Labute approximate surface area is 148 Å². The summed E-state index contributed by atoms with van der Waals surface area (Å²) in [6, 6.07) is 21.6. The lowest BCUT2D eigenvalue weighted by atomic mass is 9.83. The Morgan fingerprint density at radius 3 is 2.28 bits per heavy atom. The molecule has 1 atom stereocenters. The van der Waals surface area contributed by atoms with E-state index in [2.05, 4.69) is 85.2 Å². The first kappa shape index (κ1) is 14.5. The average molecular weight is 327 g/mol. The zero-order valence-corrected chi connectivity index (χ0v) is 14.8. The number of hydrogen-bond acceptors (Lipinski definition) is 3. The third kappa shape index (κ3) is 1.78. The van der Waals surface area contributed by atoms with E-state index in [0.717, 1.165) is 5.82 Å². The van der Waals surface area contributed by atoms with Crippen LogP contribution in [0.4, 0.5) is 22.9 Å². The van der Waals surface area contributed by atoms with Crippen LogP contribution < -0.4 is 9.80 Å². The second kappa shape index (κ2) is 4.85. The number of rotatable bonds is 1. The van der Waals surface area contributed by atoms with Gasteiger partial charge >= 0.3 is 0 Å². The molecule has 3 nitrogen and oxygen atoms in total. The normalized spacial score (nSPS) is 19.6. The van der Waals surface area contributed by atoms with Gasteiger partial charge in [0, 0.05) is 23.0 Å². The highest BCUT2D eigenvalue weighted by Crippen LogP contribution is 2.58. The van der Waals surface area contributed by atoms with Crippen molar-refractivity contribution in [3.05, 3.63) is 78.0 Å². The van der Waals surface area contributed by atoms with Crippen LogP contribution >= 0.6 is 0 Å². The molecule has 3 heterocycles. The van der Waals surface area contributed by atoms with Crippen LogP contribution in [0.5, 0.6) is 0 Å². The minimum Gasteiger partial charge on any atom is -0.316 e. The standard InChI is InChI=1S/C22H21N3/c1-15-9-4-6-11-17(15)24-19-13-8-14-23-20(19)25-18-12-7-5-10-16(18)22(2,3)21(24)25/h4-14,21H,1-3H3. The molecule has 124 valence electrons. The first-order valence-electron chi connectivity index (χ1n) is 8.79. The van der Waals surface area contributed by atoms with Crippen molar-refractivity contribution in [1.82, 2.24) is 4.98 Å². The molecule has 0 N–H and O–H groups in total. The summed E-state index contributed by atoms with van der Waals surface area (Å²) in [7, 11) is 0. The first-order chi connectivity index (χ1) is 12.1. The summed E-state index contributed by atoms with van der Waals surface area (Å²) in [4.78, 5) is 9.64. The van der Waals surface area contributed by atoms with Gasteiger partial charge in [0.15, 0.2) is 5.82 Å². The molecule has 0 bridgehead atoms. The monoisotopic (exact) mass is 327 g/mol. The van der Waals surface area contributed by atoms with Crippen LogP contribution in [0.25, 0.3) is 0 Å². The number of nitrogens with zero attached hydrogens (tertiary/aromatic N) is 3. The van der Waals surface area contributed by atoms with Crippen molar-refractivity contribution in [2.45, 2.75) is 32.4 Å². The number of benzene rings is 2. The van der Waals surface area contributed by atoms with E-state index in [9.17, 15) is 0 Å². The number of para-hydroxylation sites is 2. The summed E-state index contributed by atoms with van der Waals surface area (Å²) in [6.07, 6.45) is 2.08. The second-order valence-corrected chi connectivity index (χ2v) is 7.49. The van der Waals surface area contributed by atoms with Gasteiger partial charge in [-0.2, -0.15) is 0 Å². The van der Waals surface area contributed by atoms with Crippen LogP contribution in [-0.4, -0.2) is 11.1 Å². The first-order valence-corrected chi connectivity index (χ1v) is 8.79. The Morgan fingerprint density at radius 2 is 1.48 bits per heavy atom. The van der Waals surface area contributed by atoms with E-state index in [4.69, 9.17) is 4.98 Å². The predicted molar refractivity (Wildman–Crippen MR) is 103 cm³/mol. The third-order valence-electron chi connectivity index (χ3n) is 5.62. The topological polar surface area (TPSA) is 19.4 Å². The number of aryl methyl sites for hydroxylation is 1. The van der Waals surface area contributed by atoms with E-state index in [1.165, 1.54) is 28.2 Å². The van der Waals surface area contributed by atoms with Crippen molar-refractivity contribution < 1.29 is 0 Å². The SMILES string of the molecule is Cc1ccccc1N1c2cccnc2N2c3ccccc3C(C)(C)C12. The van der Waals surface area contributed by atoms with Gasteiger partial charge in [-0.25, -0.2) is 4.98 Å². The molecule has 0 radical (unpaired) electrons. The lowest BCUT2D eigenvalue weighted by Crippen LogP contribution is -2.46. The van der Waals surface area contributed by atoms with E-state index in [1.807, 2.05) is 12.3 Å². The van der Waals surface area contributed by atoms with E-state index >= 15 is 0 Å². The van der Waals surface area contributed by atoms with Gasteiger partial charge in [-0.05, 0) is 42.3 Å². The molecule has 1 unspecified atom stereocenters. The molecule has 0 amide bonds. The summed E-state index contributed by atoms with van der Waals surface area (Å²) in [5, 5.41) is 0. The Bertz CT molecular complexity index is 976. The zero-order valence-electron chi connectivity index (χ0n) is 14.8. The molecule has 3 heteroatoms. The highest BCUT2D eigenvalue weighted by atomic mass is 15.5. The van der Waals surface area contributed by atoms with Crippen LogP contribution in [0.2, 0.25) is 0 Å². The van der Waals surface area contributed by atoms with Gasteiger partial charge in [0.05, 0.1) is 5.69 Å². The second-order valence-electron chi connectivity index (χ2n) is 7.49. The summed E-state index contributed by atoms with van der Waals surface area (Å²) >= 11 is 0.